The molecule has 1 aliphatic carbocycles. The van der Waals surface area contributed by atoms with Gasteiger partial charge in [0.15, 0.2) is 0 Å². The molecule has 0 aromatic rings. The van der Waals surface area contributed by atoms with E-state index >= 15 is 0 Å². The molecule has 3 nitrogen and oxygen atoms in total. The summed E-state index contributed by atoms with van der Waals surface area (Å²) in [6, 6.07) is 0. The second-order valence-electron chi connectivity index (χ2n) is 5.62. The third-order valence-corrected chi connectivity index (χ3v) is 4.04. The van der Waals surface area contributed by atoms with E-state index in [1.54, 1.807) is 0 Å². The minimum atomic E-state index is -0.631. The highest BCUT2D eigenvalue weighted by molar-refractivity contribution is 4.84. The maximum absolute atomic E-state index is 10.0. The summed E-state index contributed by atoms with van der Waals surface area (Å²) >= 11 is 0. The number of aliphatic hydroxyl groups is 1. The van der Waals surface area contributed by atoms with Gasteiger partial charge in [-0.2, -0.15) is 0 Å². The van der Waals surface area contributed by atoms with Gasteiger partial charge in [0.25, 0.3) is 0 Å². The molecule has 0 amide bonds. The quantitative estimate of drug-likeness (QED) is 0.661. The van der Waals surface area contributed by atoms with Gasteiger partial charge in [-0.25, -0.2) is 0 Å². The molecule has 0 aliphatic heterocycles. The fourth-order valence-electron chi connectivity index (χ4n) is 2.25. The Morgan fingerprint density at radius 3 is 2.56 bits per heavy atom. The topological polar surface area (TPSA) is 49.5 Å². The van der Waals surface area contributed by atoms with E-state index in [4.69, 9.17) is 5.73 Å². The molecule has 3 N–H and O–H groups in total. The number of nitrogens with zero attached hydrogens (tertiary/aromatic N) is 1. The van der Waals surface area contributed by atoms with Crippen molar-refractivity contribution in [3.05, 3.63) is 0 Å². The van der Waals surface area contributed by atoms with Gasteiger partial charge >= 0.3 is 0 Å². The molecule has 3 unspecified atom stereocenters. The molecule has 1 saturated carbocycles. The van der Waals surface area contributed by atoms with Gasteiger partial charge in [-0.15, -0.1) is 0 Å². The Kier molecular flexibility index (Phi) is 5.22. The monoisotopic (exact) mass is 228 g/mol. The molecule has 0 bridgehead atoms. The van der Waals surface area contributed by atoms with Crippen molar-refractivity contribution in [1.29, 1.82) is 0 Å². The highest BCUT2D eigenvalue weighted by Gasteiger charge is 2.33. The maximum Gasteiger partial charge on any atom is 0.0767 e. The van der Waals surface area contributed by atoms with Gasteiger partial charge in [0.05, 0.1) is 5.60 Å². The second kappa shape index (κ2) is 5.99. The number of rotatable bonds is 8. The third-order valence-electron chi connectivity index (χ3n) is 4.04. The molecular formula is C13H28N2O. The molecule has 3 heteroatoms. The van der Waals surface area contributed by atoms with Gasteiger partial charge in [0.1, 0.15) is 0 Å². The summed E-state index contributed by atoms with van der Waals surface area (Å²) in [5, 5.41) is 10.0. The summed E-state index contributed by atoms with van der Waals surface area (Å²) < 4.78 is 0. The van der Waals surface area contributed by atoms with Crippen LogP contribution in [0.4, 0.5) is 0 Å². The number of nitrogens with two attached hydrogens (primary N) is 1. The van der Waals surface area contributed by atoms with Crippen molar-refractivity contribution in [2.24, 2.45) is 17.6 Å². The van der Waals surface area contributed by atoms with Crippen LogP contribution in [-0.2, 0) is 0 Å². The van der Waals surface area contributed by atoms with Crippen molar-refractivity contribution in [1.82, 2.24) is 4.90 Å². The summed E-state index contributed by atoms with van der Waals surface area (Å²) in [4.78, 5) is 2.39. The Bertz CT molecular complexity index is 204. The number of hydrogen-bond donors (Lipinski definition) is 2. The molecule has 0 aromatic carbocycles. The average Bonchev–Trinajstić information content (AvgIpc) is 2.94. The van der Waals surface area contributed by atoms with Gasteiger partial charge in [-0.05, 0) is 51.1 Å². The van der Waals surface area contributed by atoms with E-state index in [0.717, 1.165) is 37.6 Å². The molecule has 0 saturated heterocycles. The first-order valence-electron chi connectivity index (χ1n) is 6.61. The average molecular weight is 228 g/mol. The highest BCUT2D eigenvalue weighted by Crippen LogP contribution is 2.37. The van der Waals surface area contributed by atoms with E-state index < -0.39 is 5.60 Å². The fraction of sp³-hybridized carbons (Fsp3) is 1.00. The van der Waals surface area contributed by atoms with Crippen LogP contribution in [0, 0.1) is 11.8 Å². The zero-order valence-electron chi connectivity index (χ0n) is 11.1. The minimum Gasteiger partial charge on any atom is -0.389 e. The van der Waals surface area contributed by atoms with Gasteiger partial charge in [0.2, 0.25) is 0 Å². The van der Waals surface area contributed by atoms with Crippen LogP contribution in [0.25, 0.3) is 0 Å². The zero-order valence-corrected chi connectivity index (χ0v) is 11.1. The lowest BCUT2D eigenvalue weighted by Crippen LogP contribution is -2.37. The SMILES string of the molecule is CCC(O)(CN)CCCN(C)CC1CC1C. The molecule has 0 heterocycles. The van der Waals surface area contributed by atoms with Gasteiger partial charge < -0.3 is 15.7 Å². The summed E-state index contributed by atoms with van der Waals surface area (Å²) in [6.07, 6.45) is 4.02. The van der Waals surface area contributed by atoms with Crippen LogP contribution in [0.3, 0.4) is 0 Å². The Labute approximate surface area is 100 Å². The lowest BCUT2D eigenvalue weighted by Gasteiger charge is -2.26. The van der Waals surface area contributed by atoms with E-state index in [1.165, 1.54) is 13.0 Å². The van der Waals surface area contributed by atoms with Crippen LogP contribution >= 0.6 is 0 Å². The molecule has 0 aromatic heterocycles. The summed E-state index contributed by atoms with van der Waals surface area (Å²) in [6.45, 7) is 7.00. The molecule has 1 fully saturated rings. The van der Waals surface area contributed by atoms with Crippen LogP contribution in [0.15, 0.2) is 0 Å². The summed E-state index contributed by atoms with van der Waals surface area (Å²) in [5.74, 6) is 1.85. The molecule has 0 radical (unpaired) electrons. The van der Waals surface area contributed by atoms with Crippen molar-refractivity contribution >= 4 is 0 Å². The molecule has 0 spiro atoms. The summed E-state index contributed by atoms with van der Waals surface area (Å²) in [7, 11) is 2.18. The van der Waals surface area contributed by atoms with E-state index in [-0.39, 0.29) is 0 Å². The van der Waals surface area contributed by atoms with Crippen LogP contribution in [-0.4, -0.2) is 42.3 Å². The molecule has 3 atom stereocenters. The predicted octanol–water partition coefficient (Wildman–Crippen LogP) is 1.45. The van der Waals surface area contributed by atoms with Crippen LogP contribution < -0.4 is 5.73 Å². The first kappa shape index (κ1) is 13.9. The molecule has 96 valence electrons. The Morgan fingerprint density at radius 2 is 2.12 bits per heavy atom. The molecule has 16 heavy (non-hydrogen) atoms. The van der Waals surface area contributed by atoms with Crippen molar-refractivity contribution in [3.63, 3.8) is 0 Å². The zero-order chi connectivity index (χ0) is 12.2. The first-order chi connectivity index (χ1) is 7.50. The standard InChI is InChI=1S/C13H28N2O/c1-4-13(16,10-14)6-5-7-15(3)9-12-8-11(12)2/h11-12,16H,4-10,14H2,1-3H3. The van der Waals surface area contributed by atoms with Crippen molar-refractivity contribution in [2.45, 2.75) is 45.1 Å². The van der Waals surface area contributed by atoms with Crippen molar-refractivity contribution in [2.75, 3.05) is 26.7 Å². The van der Waals surface area contributed by atoms with Gasteiger partial charge in [-0.3, -0.25) is 0 Å². The predicted molar refractivity (Wildman–Crippen MR) is 68.3 cm³/mol. The first-order valence-corrected chi connectivity index (χ1v) is 6.61. The Hall–Kier alpha value is -0.120. The molecular weight excluding hydrogens is 200 g/mol. The normalized spacial score (nSPS) is 28.1. The Morgan fingerprint density at radius 1 is 1.50 bits per heavy atom. The van der Waals surface area contributed by atoms with Crippen LogP contribution in [0.2, 0.25) is 0 Å². The third kappa shape index (κ3) is 4.40. The van der Waals surface area contributed by atoms with Gasteiger partial charge in [0, 0.05) is 13.1 Å². The van der Waals surface area contributed by atoms with E-state index in [1.807, 2.05) is 6.92 Å². The minimum absolute atomic E-state index is 0.382. The Balaban J connectivity index is 2.09. The highest BCUT2D eigenvalue weighted by atomic mass is 16.3. The lowest BCUT2D eigenvalue weighted by molar-refractivity contribution is 0.0321. The molecule has 1 aliphatic rings. The summed E-state index contributed by atoms with van der Waals surface area (Å²) in [5.41, 5.74) is 4.95. The molecule has 1 rings (SSSR count). The van der Waals surface area contributed by atoms with Crippen LogP contribution in [0.5, 0.6) is 0 Å². The van der Waals surface area contributed by atoms with E-state index in [9.17, 15) is 5.11 Å². The number of hydrogen-bond acceptors (Lipinski definition) is 3. The van der Waals surface area contributed by atoms with Gasteiger partial charge in [-0.1, -0.05) is 13.8 Å². The van der Waals surface area contributed by atoms with E-state index in [0.29, 0.717) is 6.54 Å². The maximum atomic E-state index is 10.0. The largest absolute Gasteiger partial charge is 0.389 e. The van der Waals surface area contributed by atoms with Crippen LogP contribution in [0.1, 0.15) is 39.5 Å². The lowest BCUT2D eigenvalue weighted by atomic mass is 9.95. The van der Waals surface area contributed by atoms with Crippen molar-refractivity contribution < 1.29 is 5.11 Å². The van der Waals surface area contributed by atoms with Crippen molar-refractivity contribution in [3.8, 4) is 0 Å². The van der Waals surface area contributed by atoms with E-state index in [2.05, 4.69) is 18.9 Å². The second-order valence-corrected chi connectivity index (χ2v) is 5.62. The smallest absolute Gasteiger partial charge is 0.0767 e. The fourth-order valence-corrected chi connectivity index (χ4v) is 2.25.